The number of hydrogen-bond donors (Lipinski definition) is 0. The van der Waals surface area contributed by atoms with Crippen LogP contribution in [0.15, 0.2) is 18.2 Å². The molecule has 0 radical (unpaired) electrons. The number of benzene rings is 1. The summed E-state index contributed by atoms with van der Waals surface area (Å²) in [5.41, 5.74) is 3.15. The molecule has 63 valence electrons. The van der Waals surface area contributed by atoms with Gasteiger partial charge in [0.25, 0.3) is 0 Å². The van der Waals surface area contributed by atoms with E-state index in [-0.39, 0.29) is 5.41 Å². The molecule has 0 aliphatic heterocycles. The summed E-state index contributed by atoms with van der Waals surface area (Å²) in [5, 5.41) is 0. The topological polar surface area (TPSA) is 0 Å². The van der Waals surface area contributed by atoms with Crippen LogP contribution in [0.1, 0.15) is 31.9 Å². The molecule has 0 unspecified atom stereocenters. The normalized spacial score (nSPS) is 11.6. The molecule has 0 aromatic heterocycles. The summed E-state index contributed by atoms with van der Waals surface area (Å²) in [6.07, 6.45) is 0. The summed E-state index contributed by atoms with van der Waals surface area (Å²) in [5.74, 6) is 0. The number of aryl methyl sites for hydroxylation is 1. The second-order valence-electron chi connectivity index (χ2n) is 4.28. The van der Waals surface area contributed by atoms with E-state index >= 15 is 0 Å². The van der Waals surface area contributed by atoms with Crippen molar-refractivity contribution in [1.29, 1.82) is 0 Å². The maximum atomic E-state index is 2.31. The molecular formula is C11H15Zr. The molecule has 0 atom stereocenters. The molecule has 12 heavy (non-hydrogen) atoms. The number of hydrogen-bond acceptors (Lipinski definition) is 0. The molecule has 0 aliphatic carbocycles. The predicted molar refractivity (Wildman–Crippen MR) is 49.5 cm³/mol. The van der Waals surface area contributed by atoms with E-state index in [1.165, 1.54) is 39.1 Å². The molecule has 0 nitrogen and oxygen atoms in total. The third-order valence-corrected chi connectivity index (χ3v) is 3.47. The second kappa shape index (κ2) is 3.46. The van der Waals surface area contributed by atoms with E-state index in [4.69, 9.17) is 0 Å². The first kappa shape index (κ1) is 10.2. The zero-order chi connectivity index (χ0) is 9.35. The molecule has 0 amide bonds. The van der Waals surface area contributed by atoms with Crippen LogP contribution in [0, 0.1) is 6.92 Å². The minimum atomic E-state index is 0.286. The second-order valence-corrected chi connectivity index (χ2v) is 5.60. The standard InChI is InChI=1S/C11H15.Zr/c1-9-6-5-7-10(8-9)11(2,3)4;/h5,7-8H,1-4H3;. The molecule has 0 saturated heterocycles. The summed E-state index contributed by atoms with van der Waals surface area (Å²) >= 11 is 1.51. The van der Waals surface area contributed by atoms with E-state index in [0.29, 0.717) is 0 Å². The van der Waals surface area contributed by atoms with Gasteiger partial charge in [-0.25, -0.2) is 0 Å². The van der Waals surface area contributed by atoms with Crippen molar-refractivity contribution in [1.82, 2.24) is 0 Å². The van der Waals surface area contributed by atoms with Gasteiger partial charge in [0.15, 0.2) is 0 Å². The first-order valence-electron chi connectivity index (χ1n) is 4.24. The van der Waals surface area contributed by atoms with Crippen LogP contribution in [0.3, 0.4) is 0 Å². The molecule has 0 aliphatic rings. The zero-order valence-corrected chi connectivity index (χ0v) is 10.7. The predicted octanol–water partition coefficient (Wildman–Crippen LogP) is 2.46. The van der Waals surface area contributed by atoms with Gasteiger partial charge in [-0.1, -0.05) is 0 Å². The van der Waals surface area contributed by atoms with Gasteiger partial charge in [-0.3, -0.25) is 0 Å². The van der Waals surface area contributed by atoms with Crippen molar-refractivity contribution in [2.45, 2.75) is 33.1 Å². The van der Waals surface area contributed by atoms with Crippen LogP contribution in [0.2, 0.25) is 0 Å². The Balaban J connectivity index is 3.14. The molecule has 0 N–H and O–H groups in total. The maximum absolute atomic E-state index is 2.31. The summed E-state index contributed by atoms with van der Waals surface area (Å²) in [4.78, 5) is 0. The third-order valence-electron chi connectivity index (χ3n) is 2.09. The fourth-order valence-corrected chi connectivity index (χ4v) is 1.51. The van der Waals surface area contributed by atoms with Gasteiger partial charge in [0.2, 0.25) is 0 Å². The molecular weight excluding hydrogens is 223 g/mol. The first-order chi connectivity index (χ1) is 5.41. The molecule has 0 heterocycles. The van der Waals surface area contributed by atoms with Gasteiger partial charge in [0.05, 0.1) is 0 Å². The Morgan fingerprint density at radius 2 is 1.75 bits per heavy atom. The Morgan fingerprint density at radius 1 is 1.17 bits per heavy atom. The van der Waals surface area contributed by atoms with Crippen LogP contribution in [0.4, 0.5) is 0 Å². The Kier molecular flexibility index (Phi) is 2.94. The molecule has 1 rings (SSSR count). The van der Waals surface area contributed by atoms with E-state index in [1.54, 1.807) is 0 Å². The summed E-state index contributed by atoms with van der Waals surface area (Å²) in [6.45, 7) is 8.96. The minimum absolute atomic E-state index is 0.286. The van der Waals surface area contributed by atoms with Crippen LogP contribution < -0.4 is 3.27 Å². The monoisotopic (exact) mass is 237 g/mol. The fourth-order valence-electron chi connectivity index (χ4n) is 1.13. The van der Waals surface area contributed by atoms with Gasteiger partial charge in [0, 0.05) is 0 Å². The summed E-state index contributed by atoms with van der Waals surface area (Å²) in [7, 11) is 0. The van der Waals surface area contributed by atoms with Gasteiger partial charge in [-0.2, -0.15) is 0 Å². The molecule has 1 heteroatoms. The van der Waals surface area contributed by atoms with Gasteiger partial charge in [-0.15, -0.1) is 0 Å². The number of rotatable bonds is 0. The van der Waals surface area contributed by atoms with E-state index in [9.17, 15) is 0 Å². The molecule has 1 aromatic carbocycles. The van der Waals surface area contributed by atoms with Crippen molar-refractivity contribution in [3.05, 3.63) is 29.3 Å². The van der Waals surface area contributed by atoms with Crippen LogP contribution in [0.25, 0.3) is 0 Å². The van der Waals surface area contributed by atoms with Gasteiger partial charge in [-0.05, 0) is 0 Å². The Hall–Kier alpha value is 0.103. The van der Waals surface area contributed by atoms with Gasteiger partial charge >= 0.3 is 90.4 Å². The van der Waals surface area contributed by atoms with Crippen LogP contribution in [0.5, 0.6) is 0 Å². The molecule has 0 fully saturated rings. The molecule has 0 saturated carbocycles. The van der Waals surface area contributed by atoms with Gasteiger partial charge < -0.3 is 0 Å². The Morgan fingerprint density at radius 3 is 2.17 bits per heavy atom. The Labute approximate surface area is 90.2 Å². The molecule has 1 aromatic rings. The summed E-state index contributed by atoms with van der Waals surface area (Å²) in [6, 6.07) is 6.80. The van der Waals surface area contributed by atoms with E-state index in [1.807, 2.05) is 0 Å². The van der Waals surface area contributed by atoms with Crippen molar-refractivity contribution >= 4 is 3.27 Å². The Bertz CT molecular complexity index is 282. The first-order valence-corrected chi connectivity index (χ1v) is 5.47. The molecule has 0 spiro atoms. The van der Waals surface area contributed by atoms with Crippen molar-refractivity contribution in [2.24, 2.45) is 0 Å². The summed E-state index contributed by atoms with van der Waals surface area (Å²) < 4.78 is 1.47. The quantitative estimate of drug-likeness (QED) is 0.651. The average Bonchev–Trinajstić information content (AvgIpc) is 1.92. The van der Waals surface area contributed by atoms with Crippen molar-refractivity contribution in [3.63, 3.8) is 0 Å². The molecule has 0 bridgehead atoms. The van der Waals surface area contributed by atoms with E-state index in [0.717, 1.165) is 0 Å². The average molecular weight is 238 g/mol. The van der Waals surface area contributed by atoms with Crippen molar-refractivity contribution < 1.29 is 24.7 Å². The van der Waals surface area contributed by atoms with Crippen LogP contribution in [-0.4, -0.2) is 0 Å². The van der Waals surface area contributed by atoms with Gasteiger partial charge in [0.1, 0.15) is 0 Å². The van der Waals surface area contributed by atoms with E-state index < -0.39 is 0 Å². The van der Waals surface area contributed by atoms with Crippen molar-refractivity contribution in [2.75, 3.05) is 0 Å². The SMILES string of the molecule is Cc1cc(C(C)(C)C)cc[c]1[Zr]. The van der Waals surface area contributed by atoms with Crippen LogP contribution >= 0.6 is 0 Å². The third kappa shape index (κ3) is 2.29. The van der Waals surface area contributed by atoms with Crippen LogP contribution in [-0.2, 0) is 30.1 Å². The fraction of sp³-hybridized carbons (Fsp3) is 0.455. The zero-order valence-electron chi connectivity index (χ0n) is 8.23. The van der Waals surface area contributed by atoms with Crippen molar-refractivity contribution in [3.8, 4) is 0 Å². The van der Waals surface area contributed by atoms with E-state index in [2.05, 4.69) is 45.9 Å².